The van der Waals surface area contributed by atoms with E-state index in [1.807, 2.05) is 13.1 Å². The normalized spacial score (nSPS) is 15.4. The fourth-order valence-corrected chi connectivity index (χ4v) is 1.86. The van der Waals surface area contributed by atoms with Gasteiger partial charge in [-0.05, 0) is 38.8 Å². The van der Waals surface area contributed by atoms with E-state index in [1.165, 1.54) is 12.8 Å². The number of benzene rings is 1. The predicted octanol–water partition coefficient (Wildman–Crippen LogP) is 2.92. The largest absolute Gasteiger partial charge is 0.372 e. The molecular formula is C14H21FN2. The van der Waals surface area contributed by atoms with Crippen LogP contribution in [-0.4, -0.2) is 19.1 Å². The number of nitrogens with zero attached hydrogens (tertiary/aromatic N) is 1. The summed E-state index contributed by atoms with van der Waals surface area (Å²) in [6.07, 6.45) is 2.45. The first kappa shape index (κ1) is 12.4. The van der Waals surface area contributed by atoms with Gasteiger partial charge < -0.3 is 10.2 Å². The summed E-state index contributed by atoms with van der Waals surface area (Å²) >= 11 is 0. The van der Waals surface area contributed by atoms with Crippen LogP contribution >= 0.6 is 0 Å². The highest BCUT2D eigenvalue weighted by atomic mass is 19.1. The molecule has 0 spiro atoms. The zero-order chi connectivity index (χ0) is 12.4. The topological polar surface area (TPSA) is 15.3 Å². The minimum atomic E-state index is -0.108. The van der Waals surface area contributed by atoms with Gasteiger partial charge in [0, 0.05) is 36.9 Å². The van der Waals surface area contributed by atoms with Crippen LogP contribution in [0, 0.1) is 5.82 Å². The fraction of sp³-hybridized carbons (Fsp3) is 0.571. The van der Waals surface area contributed by atoms with Gasteiger partial charge in [0.1, 0.15) is 5.82 Å². The van der Waals surface area contributed by atoms with Gasteiger partial charge in [0.05, 0.1) is 0 Å². The van der Waals surface area contributed by atoms with Crippen molar-refractivity contribution < 1.29 is 4.39 Å². The van der Waals surface area contributed by atoms with Gasteiger partial charge in [0.25, 0.3) is 0 Å². The van der Waals surface area contributed by atoms with E-state index in [0.717, 1.165) is 11.3 Å². The summed E-state index contributed by atoms with van der Waals surface area (Å²) in [6, 6.07) is 6.29. The van der Waals surface area contributed by atoms with E-state index >= 15 is 0 Å². The number of hydrogen-bond acceptors (Lipinski definition) is 2. The van der Waals surface area contributed by atoms with Crippen molar-refractivity contribution in [2.24, 2.45) is 0 Å². The Morgan fingerprint density at radius 3 is 2.71 bits per heavy atom. The molecule has 0 unspecified atom stereocenters. The molecule has 2 rings (SSSR count). The molecule has 0 aliphatic heterocycles. The number of rotatable bonds is 5. The van der Waals surface area contributed by atoms with Crippen LogP contribution in [0.5, 0.6) is 0 Å². The average molecular weight is 236 g/mol. The van der Waals surface area contributed by atoms with Crippen molar-refractivity contribution in [2.75, 3.05) is 11.9 Å². The smallest absolute Gasteiger partial charge is 0.129 e. The molecule has 1 aromatic carbocycles. The van der Waals surface area contributed by atoms with Crippen molar-refractivity contribution in [1.82, 2.24) is 5.32 Å². The Morgan fingerprint density at radius 2 is 2.12 bits per heavy atom. The summed E-state index contributed by atoms with van der Waals surface area (Å²) in [5, 5.41) is 3.38. The molecule has 1 aliphatic rings. The lowest BCUT2D eigenvalue weighted by Gasteiger charge is -2.26. The quantitative estimate of drug-likeness (QED) is 0.845. The summed E-state index contributed by atoms with van der Waals surface area (Å²) in [5.41, 5.74) is 1.78. The number of nitrogens with one attached hydrogen (secondary N) is 1. The Labute approximate surface area is 103 Å². The maximum atomic E-state index is 13.9. The van der Waals surface area contributed by atoms with E-state index in [4.69, 9.17) is 0 Å². The highest BCUT2D eigenvalue weighted by Gasteiger charge is 2.22. The molecule has 0 saturated heterocycles. The van der Waals surface area contributed by atoms with E-state index in [1.54, 1.807) is 12.1 Å². The zero-order valence-electron chi connectivity index (χ0n) is 10.8. The first-order valence-corrected chi connectivity index (χ1v) is 6.33. The van der Waals surface area contributed by atoms with Crippen LogP contribution < -0.4 is 10.2 Å². The minimum Gasteiger partial charge on any atom is -0.372 e. The van der Waals surface area contributed by atoms with Crippen molar-refractivity contribution in [3.63, 3.8) is 0 Å². The molecule has 94 valence electrons. The van der Waals surface area contributed by atoms with Crippen molar-refractivity contribution in [1.29, 1.82) is 0 Å². The molecule has 0 aromatic heterocycles. The molecule has 1 aliphatic carbocycles. The average Bonchev–Trinajstić information content (AvgIpc) is 3.10. The summed E-state index contributed by atoms with van der Waals surface area (Å²) in [6.45, 7) is 4.86. The standard InChI is InChI=1S/C14H21FN2/c1-10(2)17(3)14-6-4-5-13(15)12(14)9-16-11-7-8-11/h4-6,10-11,16H,7-9H2,1-3H3. The summed E-state index contributed by atoms with van der Waals surface area (Å²) < 4.78 is 13.9. The van der Waals surface area contributed by atoms with Gasteiger partial charge in [-0.2, -0.15) is 0 Å². The van der Waals surface area contributed by atoms with Crippen molar-refractivity contribution in [2.45, 2.75) is 45.3 Å². The van der Waals surface area contributed by atoms with E-state index in [0.29, 0.717) is 18.6 Å². The number of anilines is 1. The van der Waals surface area contributed by atoms with Crippen LogP contribution in [0.25, 0.3) is 0 Å². The molecule has 0 heterocycles. The zero-order valence-corrected chi connectivity index (χ0v) is 10.8. The van der Waals surface area contributed by atoms with Gasteiger partial charge in [0.15, 0.2) is 0 Å². The Morgan fingerprint density at radius 1 is 1.41 bits per heavy atom. The molecule has 3 heteroatoms. The molecule has 0 atom stereocenters. The van der Waals surface area contributed by atoms with Crippen molar-refractivity contribution in [3.05, 3.63) is 29.6 Å². The molecule has 1 N–H and O–H groups in total. The predicted molar refractivity (Wildman–Crippen MR) is 69.8 cm³/mol. The number of halogens is 1. The Balaban J connectivity index is 2.19. The molecule has 0 bridgehead atoms. The lowest BCUT2D eigenvalue weighted by atomic mass is 10.1. The van der Waals surface area contributed by atoms with E-state index < -0.39 is 0 Å². The van der Waals surface area contributed by atoms with Gasteiger partial charge in [0.2, 0.25) is 0 Å². The molecular weight excluding hydrogens is 215 g/mol. The maximum Gasteiger partial charge on any atom is 0.129 e. The molecule has 17 heavy (non-hydrogen) atoms. The summed E-state index contributed by atoms with van der Waals surface area (Å²) in [7, 11) is 2.01. The van der Waals surface area contributed by atoms with Gasteiger partial charge in [-0.25, -0.2) is 4.39 Å². The second-order valence-electron chi connectivity index (χ2n) is 5.10. The van der Waals surface area contributed by atoms with Gasteiger partial charge in [-0.3, -0.25) is 0 Å². The Kier molecular flexibility index (Phi) is 3.67. The molecule has 0 radical (unpaired) electrons. The van der Waals surface area contributed by atoms with Crippen LogP contribution in [0.4, 0.5) is 10.1 Å². The van der Waals surface area contributed by atoms with Crippen molar-refractivity contribution in [3.8, 4) is 0 Å². The molecule has 1 fully saturated rings. The fourth-order valence-electron chi connectivity index (χ4n) is 1.86. The Hall–Kier alpha value is -1.09. The first-order chi connectivity index (χ1) is 8.09. The SMILES string of the molecule is CC(C)N(C)c1cccc(F)c1CNC1CC1. The van der Waals surface area contributed by atoms with Crippen LogP contribution in [-0.2, 0) is 6.54 Å². The summed E-state index contributed by atoms with van der Waals surface area (Å²) in [5.74, 6) is -0.108. The third kappa shape index (κ3) is 2.97. The van der Waals surface area contributed by atoms with Crippen molar-refractivity contribution >= 4 is 5.69 Å². The van der Waals surface area contributed by atoms with Crippen LogP contribution in [0.3, 0.4) is 0 Å². The van der Waals surface area contributed by atoms with Crippen LogP contribution in [0.1, 0.15) is 32.3 Å². The van der Waals surface area contributed by atoms with Crippen LogP contribution in [0.15, 0.2) is 18.2 Å². The van der Waals surface area contributed by atoms with Gasteiger partial charge in [-0.15, -0.1) is 0 Å². The molecule has 1 saturated carbocycles. The minimum absolute atomic E-state index is 0.108. The van der Waals surface area contributed by atoms with E-state index in [9.17, 15) is 4.39 Å². The monoisotopic (exact) mass is 236 g/mol. The molecule has 1 aromatic rings. The van der Waals surface area contributed by atoms with Crippen LogP contribution in [0.2, 0.25) is 0 Å². The van der Waals surface area contributed by atoms with E-state index in [-0.39, 0.29) is 5.82 Å². The summed E-state index contributed by atoms with van der Waals surface area (Å²) in [4.78, 5) is 2.12. The second kappa shape index (κ2) is 5.05. The second-order valence-corrected chi connectivity index (χ2v) is 5.10. The van der Waals surface area contributed by atoms with Gasteiger partial charge >= 0.3 is 0 Å². The maximum absolute atomic E-state index is 13.9. The number of hydrogen-bond donors (Lipinski definition) is 1. The third-order valence-electron chi connectivity index (χ3n) is 3.39. The highest BCUT2D eigenvalue weighted by molar-refractivity contribution is 5.54. The third-order valence-corrected chi connectivity index (χ3v) is 3.39. The molecule has 2 nitrogen and oxygen atoms in total. The highest BCUT2D eigenvalue weighted by Crippen LogP contribution is 2.26. The first-order valence-electron chi connectivity index (χ1n) is 6.33. The van der Waals surface area contributed by atoms with Gasteiger partial charge in [-0.1, -0.05) is 6.07 Å². The lowest BCUT2D eigenvalue weighted by molar-refractivity contribution is 0.584. The van der Waals surface area contributed by atoms with E-state index in [2.05, 4.69) is 24.1 Å². The lowest BCUT2D eigenvalue weighted by Crippen LogP contribution is -2.28. The Bertz CT molecular complexity index is 386. The molecule has 0 amide bonds.